The van der Waals surface area contributed by atoms with Crippen LogP contribution in [0.2, 0.25) is 0 Å². The Morgan fingerprint density at radius 2 is 2.09 bits per heavy atom. The lowest BCUT2D eigenvalue weighted by Crippen LogP contribution is -2.43. The van der Waals surface area contributed by atoms with E-state index in [1.54, 1.807) is 28.0 Å². The van der Waals surface area contributed by atoms with Crippen molar-refractivity contribution in [3.63, 3.8) is 0 Å². The fourth-order valence-electron chi connectivity index (χ4n) is 7.22. The van der Waals surface area contributed by atoms with Gasteiger partial charge in [-0.15, -0.1) is 0 Å². The number of benzene rings is 2. The van der Waals surface area contributed by atoms with Crippen LogP contribution >= 0.6 is 0 Å². The topological polar surface area (TPSA) is 72.8 Å². The molecule has 1 aliphatic carbocycles. The lowest BCUT2D eigenvalue weighted by molar-refractivity contribution is 0.107. The Bertz CT molecular complexity index is 1890. The van der Waals surface area contributed by atoms with Gasteiger partial charge in [-0.25, -0.2) is 17.6 Å². The number of hydrogen-bond donors (Lipinski definition) is 0. The molecule has 5 atom stereocenters. The smallest absolute Gasteiger partial charge is 0.319 e. The molecule has 8 nitrogen and oxygen atoms in total. The molecule has 0 spiro atoms. The second-order valence-corrected chi connectivity index (χ2v) is 11.9. The van der Waals surface area contributed by atoms with Gasteiger partial charge < -0.3 is 19.1 Å². The van der Waals surface area contributed by atoms with E-state index in [-0.39, 0.29) is 71.8 Å². The van der Waals surface area contributed by atoms with Crippen LogP contribution in [0.15, 0.2) is 36.5 Å². The van der Waals surface area contributed by atoms with Crippen molar-refractivity contribution in [2.45, 2.75) is 43.2 Å². The van der Waals surface area contributed by atoms with Crippen molar-refractivity contribution in [3.05, 3.63) is 48.2 Å². The second kappa shape index (κ2) is 10.4. The zero-order chi connectivity index (χ0) is 32.7. The number of nitrogens with zero attached hydrogens (tertiary/aromatic N) is 5. The Morgan fingerprint density at radius 3 is 2.98 bits per heavy atom. The van der Waals surface area contributed by atoms with Gasteiger partial charge in [-0.1, -0.05) is 24.3 Å². The van der Waals surface area contributed by atoms with E-state index in [1.807, 2.05) is 0 Å². The number of pyridine rings is 1. The minimum atomic E-state index is -2.45. The maximum Gasteiger partial charge on any atom is 0.319 e. The highest BCUT2D eigenvalue weighted by Crippen LogP contribution is 2.46. The minimum Gasteiger partial charge on any atom is -0.493 e. The molecule has 3 saturated heterocycles. The van der Waals surface area contributed by atoms with Crippen LogP contribution in [-0.2, 0) is 4.74 Å². The first-order valence-corrected chi connectivity index (χ1v) is 14.7. The number of halogens is 4. The van der Waals surface area contributed by atoms with E-state index in [1.165, 1.54) is 18.3 Å². The Labute approximate surface area is 255 Å². The molecule has 2 aromatic carbocycles. The minimum absolute atomic E-state index is 0.0695. The molecule has 4 fully saturated rings. The summed E-state index contributed by atoms with van der Waals surface area (Å²) in [6, 6.07) is 6.52. The van der Waals surface area contributed by atoms with Crippen molar-refractivity contribution >= 4 is 27.5 Å². The van der Waals surface area contributed by atoms with Crippen molar-refractivity contribution < 1.29 is 35.9 Å². The van der Waals surface area contributed by atoms with E-state index in [0.29, 0.717) is 24.8 Å². The predicted molar refractivity (Wildman–Crippen MR) is 156 cm³/mol. The fourth-order valence-corrected chi connectivity index (χ4v) is 7.22. The van der Waals surface area contributed by atoms with Crippen molar-refractivity contribution in [1.29, 1.82) is 0 Å². The van der Waals surface area contributed by atoms with Gasteiger partial charge >= 0.3 is 6.01 Å². The van der Waals surface area contributed by atoms with Crippen LogP contribution in [0.5, 0.6) is 11.8 Å². The number of anilines is 1. The quantitative estimate of drug-likeness (QED) is 0.273. The SMILES string of the molecule is [2H]COc1c(F)ccc2cccc(-c3ncc4c(N5CCOC[C@H]6[C@H](F)[C@H]65)nc(OC([2H])([2H])[C@@]56CCCN5C[C@H](F)C6)nc4c3F)c12. The molecule has 4 aliphatic rings. The Kier molecular flexibility index (Phi) is 5.80. The number of alkyl halides is 2. The van der Waals surface area contributed by atoms with E-state index in [4.69, 9.17) is 18.3 Å². The zero-order valence-corrected chi connectivity index (χ0v) is 23.6. The molecule has 5 heterocycles. The lowest BCUT2D eigenvalue weighted by Gasteiger charge is -2.31. The monoisotopic (exact) mass is 612 g/mol. The summed E-state index contributed by atoms with van der Waals surface area (Å²) in [4.78, 5) is 16.7. The molecular weight excluding hydrogens is 578 g/mol. The van der Waals surface area contributed by atoms with Crippen LogP contribution in [0.25, 0.3) is 32.9 Å². The van der Waals surface area contributed by atoms with Crippen molar-refractivity contribution in [3.8, 4) is 23.0 Å². The highest BCUT2D eigenvalue weighted by atomic mass is 19.1. The van der Waals surface area contributed by atoms with Crippen LogP contribution in [0.4, 0.5) is 23.4 Å². The number of methoxy groups -OCH3 is 1. The van der Waals surface area contributed by atoms with Gasteiger partial charge in [-0.2, -0.15) is 9.97 Å². The lowest BCUT2D eigenvalue weighted by atomic mass is 9.95. The molecule has 0 N–H and O–H groups in total. The van der Waals surface area contributed by atoms with E-state index in [0.717, 1.165) is 0 Å². The maximum atomic E-state index is 16.8. The number of ether oxygens (including phenoxy) is 3. The maximum absolute atomic E-state index is 16.8. The molecule has 0 bridgehead atoms. The summed E-state index contributed by atoms with van der Waals surface area (Å²) in [6.07, 6.45) is -0.133. The van der Waals surface area contributed by atoms with Gasteiger partial charge in [0, 0.05) is 42.6 Å². The summed E-state index contributed by atoms with van der Waals surface area (Å²) in [7, 11) is -0.573. The fraction of sp³-hybridized carbons (Fsp3) is 0.469. The van der Waals surface area contributed by atoms with Gasteiger partial charge in [0.1, 0.15) is 35.9 Å². The van der Waals surface area contributed by atoms with Crippen LogP contribution in [0.1, 0.15) is 23.4 Å². The third-order valence-electron chi connectivity index (χ3n) is 9.38. The molecule has 0 unspecified atom stereocenters. The summed E-state index contributed by atoms with van der Waals surface area (Å²) in [5.41, 5.74) is -1.55. The zero-order valence-electron chi connectivity index (χ0n) is 26.6. The van der Waals surface area contributed by atoms with Gasteiger partial charge in [0.25, 0.3) is 0 Å². The van der Waals surface area contributed by atoms with Crippen molar-refractivity contribution in [2.75, 3.05) is 51.4 Å². The molecular formula is C32H31F4N5O3. The third-order valence-corrected chi connectivity index (χ3v) is 9.38. The number of aromatic nitrogens is 3. The van der Waals surface area contributed by atoms with Gasteiger partial charge in [0.15, 0.2) is 17.4 Å². The van der Waals surface area contributed by atoms with Crippen LogP contribution in [-0.4, -0.2) is 90.3 Å². The van der Waals surface area contributed by atoms with Crippen LogP contribution in [0.3, 0.4) is 0 Å². The summed E-state index contributed by atoms with van der Waals surface area (Å²) in [6.45, 7) is -1.15. The molecule has 4 aromatic rings. The molecule has 1 saturated carbocycles. The first-order valence-electron chi connectivity index (χ1n) is 16.4. The predicted octanol–water partition coefficient (Wildman–Crippen LogP) is 5.26. The van der Waals surface area contributed by atoms with Gasteiger partial charge in [0.05, 0.1) is 41.4 Å². The average Bonchev–Trinajstić information content (AvgIpc) is 3.40. The van der Waals surface area contributed by atoms with Crippen molar-refractivity contribution in [1.82, 2.24) is 19.9 Å². The van der Waals surface area contributed by atoms with Crippen LogP contribution in [0, 0.1) is 17.6 Å². The van der Waals surface area contributed by atoms with Crippen molar-refractivity contribution in [2.24, 2.45) is 5.92 Å². The molecule has 230 valence electrons. The molecule has 0 radical (unpaired) electrons. The number of fused-ring (bicyclic) bond motifs is 4. The first-order chi connectivity index (χ1) is 22.6. The number of hydrogen-bond acceptors (Lipinski definition) is 8. The third kappa shape index (κ3) is 4.28. The molecule has 0 amide bonds. The Morgan fingerprint density at radius 1 is 1.18 bits per heavy atom. The van der Waals surface area contributed by atoms with E-state index < -0.39 is 61.1 Å². The average molecular weight is 613 g/mol. The van der Waals surface area contributed by atoms with E-state index in [9.17, 15) is 13.2 Å². The molecule has 44 heavy (non-hydrogen) atoms. The largest absolute Gasteiger partial charge is 0.493 e. The summed E-state index contributed by atoms with van der Waals surface area (Å²) in [5, 5.41) is 0.870. The van der Waals surface area contributed by atoms with Gasteiger partial charge in [0.2, 0.25) is 0 Å². The molecule has 12 heteroatoms. The van der Waals surface area contributed by atoms with E-state index in [2.05, 4.69) is 15.0 Å². The molecule has 3 aliphatic heterocycles. The molecule has 8 rings (SSSR count). The summed E-state index contributed by atoms with van der Waals surface area (Å²) >= 11 is 0. The molecule has 2 aromatic heterocycles. The first kappa shape index (κ1) is 24.5. The summed E-state index contributed by atoms with van der Waals surface area (Å²) < 4.78 is 104. The highest BCUT2D eigenvalue weighted by Gasteiger charge is 2.56. The normalized spacial score (nSPS) is 29.5. The number of rotatable bonds is 6. The standard InChI is InChI=1S/C32H31F4N5O3/c1-42-29-22(34)7-6-17-4-2-5-19(23(17)29)26-25(36)27-20(13-37-26)30(41-10-11-43-15-21-24(35)28(21)41)39-31(38-27)44-16-32-8-3-9-40(32)14-18(33)12-32/h2,4-7,13,18,21,24,28H,3,8-12,14-16H2,1H3/t18-,21+,24+,28+,32+/m1/s1/i1D,16D2. The van der Waals surface area contributed by atoms with Crippen LogP contribution < -0.4 is 14.4 Å². The van der Waals surface area contributed by atoms with Gasteiger partial charge in [-0.05, 0) is 30.8 Å². The highest BCUT2D eigenvalue weighted by molar-refractivity contribution is 6.02. The van der Waals surface area contributed by atoms with Gasteiger partial charge in [-0.3, -0.25) is 9.88 Å². The Balaban J connectivity index is 1.31. The summed E-state index contributed by atoms with van der Waals surface area (Å²) in [5.74, 6) is -2.19. The van der Waals surface area contributed by atoms with E-state index >= 15 is 4.39 Å². The Hall–Kier alpha value is -3.77. The second-order valence-electron chi connectivity index (χ2n) is 11.9.